The molecule has 1 unspecified atom stereocenters. The SMILES string of the molecule is Cc1nc(OCC2CC2)ncc1-c1cccc(OCC(F)S(=O)(=O)NC(=O)c2ccccc2)c1. The van der Waals surface area contributed by atoms with Gasteiger partial charge in [0.1, 0.15) is 12.4 Å². The fraction of sp³-hybridized carbons (Fsp3) is 0.292. The molecular weight excluding hydrogens is 461 g/mol. The fourth-order valence-electron chi connectivity index (χ4n) is 3.12. The Hall–Kier alpha value is -3.53. The van der Waals surface area contributed by atoms with Crippen LogP contribution in [0, 0.1) is 12.8 Å². The first-order valence-corrected chi connectivity index (χ1v) is 12.3. The third-order valence-electron chi connectivity index (χ3n) is 5.24. The van der Waals surface area contributed by atoms with Crippen molar-refractivity contribution in [3.63, 3.8) is 0 Å². The van der Waals surface area contributed by atoms with Gasteiger partial charge in [-0.2, -0.15) is 4.98 Å². The van der Waals surface area contributed by atoms with Crippen LogP contribution in [0.1, 0.15) is 28.9 Å². The van der Waals surface area contributed by atoms with Gasteiger partial charge in [0.25, 0.3) is 21.4 Å². The fourth-order valence-corrected chi connectivity index (χ4v) is 3.87. The summed E-state index contributed by atoms with van der Waals surface area (Å²) < 4.78 is 51.5. The van der Waals surface area contributed by atoms with Crippen molar-refractivity contribution in [2.24, 2.45) is 5.92 Å². The van der Waals surface area contributed by atoms with Crippen molar-refractivity contribution in [1.82, 2.24) is 14.7 Å². The van der Waals surface area contributed by atoms with Gasteiger partial charge in [0.2, 0.25) is 0 Å². The first-order valence-electron chi connectivity index (χ1n) is 10.8. The summed E-state index contributed by atoms with van der Waals surface area (Å²) >= 11 is 0. The van der Waals surface area contributed by atoms with E-state index < -0.39 is 28.0 Å². The smallest absolute Gasteiger partial charge is 0.316 e. The summed E-state index contributed by atoms with van der Waals surface area (Å²) in [6.07, 6.45) is 3.99. The number of aromatic nitrogens is 2. The number of alkyl halides is 1. The summed E-state index contributed by atoms with van der Waals surface area (Å²) in [6.45, 7) is 1.65. The minimum Gasteiger partial charge on any atom is -0.489 e. The number of halogens is 1. The number of rotatable bonds is 10. The maximum atomic E-state index is 14.4. The molecule has 3 aromatic rings. The molecular formula is C24H24FN3O5S. The zero-order valence-corrected chi connectivity index (χ0v) is 19.3. The van der Waals surface area contributed by atoms with Crippen LogP contribution in [0.5, 0.6) is 11.8 Å². The average molecular weight is 486 g/mol. The van der Waals surface area contributed by atoms with E-state index in [1.54, 1.807) is 47.3 Å². The summed E-state index contributed by atoms with van der Waals surface area (Å²) in [7, 11) is -4.58. The maximum absolute atomic E-state index is 14.4. The van der Waals surface area contributed by atoms with E-state index in [4.69, 9.17) is 9.47 Å². The Morgan fingerprint density at radius 1 is 1.15 bits per heavy atom. The van der Waals surface area contributed by atoms with Crippen molar-refractivity contribution in [2.75, 3.05) is 13.2 Å². The molecule has 10 heteroatoms. The predicted molar refractivity (Wildman–Crippen MR) is 124 cm³/mol. The third kappa shape index (κ3) is 6.07. The van der Waals surface area contributed by atoms with Gasteiger partial charge in [0, 0.05) is 17.3 Å². The number of benzene rings is 2. The monoisotopic (exact) mass is 485 g/mol. The molecule has 1 heterocycles. The molecule has 1 fully saturated rings. The van der Waals surface area contributed by atoms with Crippen molar-refractivity contribution in [3.8, 4) is 22.9 Å². The van der Waals surface area contributed by atoms with E-state index in [2.05, 4.69) is 9.97 Å². The van der Waals surface area contributed by atoms with E-state index in [-0.39, 0.29) is 11.3 Å². The molecule has 1 aliphatic rings. The summed E-state index contributed by atoms with van der Waals surface area (Å²) in [6, 6.07) is 14.7. The number of amides is 1. The highest BCUT2D eigenvalue weighted by Crippen LogP contribution is 2.30. The van der Waals surface area contributed by atoms with Crippen LogP contribution in [0.2, 0.25) is 0 Å². The Balaban J connectivity index is 1.38. The van der Waals surface area contributed by atoms with Gasteiger partial charge in [-0.05, 0) is 55.5 Å². The molecule has 0 radical (unpaired) electrons. The molecule has 8 nitrogen and oxygen atoms in total. The molecule has 0 bridgehead atoms. The van der Waals surface area contributed by atoms with Crippen molar-refractivity contribution < 1.29 is 27.1 Å². The summed E-state index contributed by atoms with van der Waals surface area (Å²) in [5, 5.41) is 0. The normalized spacial score (nSPS) is 14.3. The van der Waals surface area contributed by atoms with E-state index in [0.717, 1.165) is 11.1 Å². The lowest BCUT2D eigenvalue weighted by molar-refractivity contribution is 0.0979. The lowest BCUT2D eigenvalue weighted by Gasteiger charge is -2.13. The van der Waals surface area contributed by atoms with Gasteiger partial charge in [-0.15, -0.1) is 0 Å². The number of carbonyl (C=O) groups excluding carboxylic acids is 1. The summed E-state index contributed by atoms with van der Waals surface area (Å²) in [5.41, 5.74) is -0.180. The van der Waals surface area contributed by atoms with Gasteiger partial charge >= 0.3 is 6.01 Å². The second-order valence-corrected chi connectivity index (χ2v) is 9.80. The number of ether oxygens (including phenoxy) is 2. The van der Waals surface area contributed by atoms with Crippen LogP contribution in [0.15, 0.2) is 60.8 Å². The highest BCUT2D eigenvalue weighted by atomic mass is 32.2. The minimum atomic E-state index is -4.58. The Kier molecular flexibility index (Phi) is 7.06. The van der Waals surface area contributed by atoms with Gasteiger partial charge in [0.05, 0.1) is 12.3 Å². The molecule has 0 spiro atoms. The van der Waals surface area contributed by atoms with E-state index in [9.17, 15) is 17.6 Å². The summed E-state index contributed by atoms with van der Waals surface area (Å²) in [5.74, 6) is -0.0595. The number of sulfonamides is 1. The molecule has 2 aromatic carbocycles. The van der Waals surface area contributed by atoms with Crippen LogP contribution in [-0.2, 0) is 10.0 Å². The Morgan fingerprint density at radius 3 is 2.62 bits per heavy atom. The molecule has 4 rings (SSSR count). The Morgan fingerprint density at radius 2 is 1.91 bits per heavy atom. The second kappa shape index (κ2) is 10.2. The maximum Gasteiger partial charge on any atom is 0.316 e. The quantitative estimate of drug-likeness (QED) is 0.467. The first-order chi connectivity index (χ1) is 16.3. The highest BCUT2D eigenvalue weighted by molar-refractivity contribution is 7.90. The highest BCUT2D eigenvalue weighted by Gasteiger charge is 2.28. The number of nitrogens with one attached hydrogen (secondary N) is 1. The Labute approximate surface area is 197 Å². The van der Waals surface area contributed by atoms with Crippen molar-refractivity contribution >= 4 is 15.9 Å². The molecule has 1 N–H and O–H groups in total. The van der Waals surface area contributed by atoms with Crippen molar-refractivity contribution in [2.45, 2.75) is 25.3 Å². The first kappa shape index (κ1) is 23.6. The van der Waals surface area contributed by atoms with Gasteiger partial charge in [-0.1, -0.05) is 30.3 Å². The van der Waals surface area contributed by atoms with Crippen LogP contribution in [0.3, 0.4) is 0 Å². The van der Waals surface area contributed by atoms with Crippen LogP contribution < -0.4 is 14.2 Å². The van der Waals surface area contributed by atoms with E-state index in [0.29, 0.717) is 24.2 Å². The number of nitrogens with zero attached hydrogens (tertiary/aromatic N) is 2. The molecule has 178 valence electrons. The van der Waals surface area contributed by atoms with Gasteiger partial charge in [-0.3, -0.25) is 4.79 Å². The molecule has 0 saturated heterocycles. The minimum absolute atomic E-state index is 0.105. The molecule has 1 amide bonds. The molecule has 0 aliphatic heterocycles. The molecule has 1 atom stereocenters. The van der Waals surface area contributed by atoms with E-state index >= 15 is 0 Å². The molecule has 1 aliphatic carbocycles. The number of hydrogen-bond acceptors (Lipinski definition) is 7. The standard InChI is InChI=1S/C24H24FN3O5S/c1-16-21(13-26-24(27-16)33-14-17-10-11-17)19-8-5-9-20(12-19)32-15-22(25)34(30,31)28-23(29)18-6-3-2-4-7-18/h2-9,12-13,17,22H,10-11,14-15H2,1H3,(H,28,29). The summed E-state index contributed by atoms with van der Waals surface area (Å²) in [4.78, 5) is 20.7. The van der Waals surface area contributed by atoms with Gasteiger partial charge < -0.3 is 9.47 Å². The largest absolute Gasteiger partial charge is 0.489 e. The number of carbonyl (C=O) groups is 1. The predicted octanol–water partition coefficient (Wildman–Crippen LogP) is 3.68. The Bertz CT molecular complexity index is 1270. The van der Waals surface area contributed by atoms with Crippen molar-refractivity contribution in [1.29, 1.82) is 0 Å². The topological polar surface area (TPSA) is 107 Å². The lowest BCUT2D eigenvalue weighted by atomic mass is 10.1. The molecule has 1 aromatic heterocycles. The second-order valence-electron chi connectivity index (χ2n) is 8.00. The molecule has 1 saturated carbocycles. The number of aryl methyl sites for hydroxylation is 1. The van der Waals surface area contributed by atoms with Gasteiger partial charge in [0.15, 0.2) is 0 Å². The lowest BCUT2D eigenvalue weighted by Crippen LogP contribution is -2.39. The van der Waals surface area contributed by atoms with Crippen LogP contribution >= 0.6 is 0 Å². The third-order valence-corrected chi connectivity index (χ3v) is 6.52. The van der Waals surface area contributed by atoms with Gasteiger partial charge in [-0.25, -0.2) is 22.5 Å². The van der Waals surface area contributed by atoms with E-state index in [1.807, 2.05) is 13.0 Å². The van der Waals surface area contributed by atoms with Crippen molar-refractivity contribution in [3.05, 3.63) is 72.1 Å². The number of hydrogen-bond donors (Lipinski definition) is 1. The van der Waals surface area contributed by atoms with Crippen LogP contribution in [0.25, 0.3) is 11.1 Å². The van der Waals surface area contributed by atoms with Crippen LogP contribution in [-0.4, -0.2) is 43.0 Å². The van der Waals surface area contributed by atoms with Crippen LogP contribution in [0.4, 0.5) is 4.39 Å². The van der Waals surface area contributed by atoms with E-state index in [1.165, 1.54) is 25.0 Å². The zero-order chi connectivity index (χ0) is 24.1. The zero-order valence-electron chi connectivity index (χ0n) is 18.5. The molecule has 34 heavy (non-hydrogen) atoms. The average Bonchev–Trinajstić information content (AvgIpc) is 3.66.